The number of carbonyl (C=O) groups is 3. The van der Waals surface area contributed by atoms with Crippen molar-refractivity contribution < 1.29 is 19.5 Å². The van der Waals surface area contributed by atoms with E-state index in [1.807, 2.05) is 24.3 Å². The van der Waals surface area contributed by atoms with Crippen LogP contribution in [-0.2, 0) is 20.8 Å². The number of nitrogens with one attached hydrogen (secondary N) is 3. The average molecular weight is 363 g/mol. The fraction of sp³-hybridized carbons (Fsp3) is 0.353. The number of fused-ring (bicyclic) bond motifs is 1. The van der Waals surface area contributed by atoms with Crippen molar-refractivity contribution in [1.29, 1.82) is 0 Å². The third kappa shape index (κ3) is 4.99. The number of para-hydroxylation sites is 1. The van der Waals surface area contributed by atoms with Gasteiger partial charge in [0.2, 0.25) is 11.8 Å². The first-order valence-corrected chi connectivity index (χ1v) is 8.51. The summed E-state index contributed by atoms with van der Waals surface area (Å²) in [5.41, 5.74) is 1.71. The zero-order valence-electron chi connectivity index (χ0n) is 13.8. The van der Waals surface area contributed by atoms with E-state index in [1.54, 1.807) is 13.1 Å². The SMILES string of the molecule is CC(CS)C(=O)NCC(=O)N[C@@H](Cc1c[nH]c2ccccc12)C(=O)O. The summed E-state index contributed by atoms with van der Waals surface area (Å²) < 4.78 is 0. The van der Waals surface area contributed by atoms with Crippen LogP contribution in [0.25, 0.3) is 10.9 Å². The summed E-state index contributed by atoms with van der Waals surface area (Å²) in [5, 5.41) is 15.2. The molecular weight excluding hydrogens is 342 g/mol. The Morgan fingerprint density at radius 2 is 2.00 bits per heavy atom. The molecule has 0 saturated heterocycles. The van der Waals surface area contributed by atoms with Crippen molar-refractivity contribution in [3.05, 3.63) is 36.0 Å². The van der Waals surface area contributed by atoms with Gasteiger partial charge in [-0.25, -0.2) is 4.79 Å². The van der Waals surface area contributed by atoms with Crippen LogP contribution in [0.4, 0.5) is 0 Å². The third-order valence-corrected chi connectivity index (χ3v) is 4.42. The number of hydrogen-bond acceptors (Lipinski definition) is 4. The lowest BCUT2D eigenvalue weighted by Gasteiger charge is -2.15. The molecule has 0 radical (unpaired) electrons. The maximum absolute atomic E-state index is 11.9. The molecule has 2 aromatic rings. The van der Waals surface area contributed by atoms with E-state index in [0.717, 1.165) is 16.5 Å². The third-order valence-electron chi connectivity index (χ3n) is 3.88. The molecule has 0 aliphatic heterocycles. The minimum atomic E-state index is -1.13. The zero-order valence-corrected chi connectivity index (χ0v) is 14.7. The molecule has 1 aromatic carbocycles. The maximum atomic E-state index is 11.9. The Hall–Kier alpha value is -2.48. The van der Waals surface area contributed by atoms with Crippen LogP contribution in [0.1, 0.15) is 12.5 Å². The van der Waals surface area contributed by atoms with Gasteiger partial charge in [-0.3, -0.25) is 9.59 Å². The largest absolute Gasteiger partial charge is 0.480 e. The van der Waals surface area contributed by atoms with Gasteiger partial charge >= 0.3 is 5.97 Å². The number of hydrogen-bond donors (Lipinski definition) is 5. The van der Waals surface area contributed by atoms with E-state index < -0.39 is 17.9 Å². The molecule has 2 amide bonds. The fourth-order valence-electron chi connectivity index (χ4n) is 2.39. The van der Waals surface area contributed by atoms with Gasteiger partial charge in [-0.15, -0.1) is 0 Å². The van der Waals surface area contributed by atoms with Gasteiger partial charge in [-0.2, -0.15) is 12.6 Å². The number of H-pyrrole nitrogens is 1. The number of carbonyl (C=O) groups excluding carboxylic acids is 2. The van der Waals surface area contributed by atoms with Crippen LogP contribution < -0.4 is 10.6 Å². The Morgan fingerprint density at radius 3 is 2.68 bits per heavy atom. The molecule has 1 heterocycles. The summed E-state index contributed by atoms with van der Waals surface area (Å²) in [6.07, 6.45) is 1.88. The second-order valence-corrected chi connectivity index (χ2v) is 6.19. The van der Waals surface area contributed by atoms with Gasteiger partial charge in [-0.05, 0) is 11.6 Å². The molecular formula is C17H21N3O4S. The molecule has 2 atom stereocenters. The first kappa shape index (κ1) is 18.9. The van der Waals surface area contributed by atoms with Crippen LogP contribution in [0, 0.1) is 5.92 Å². The van der Waals surface area contributed by atoms with Crippen molar-refractivity contribution in [1.82, 2.24) is 15.6 Å². The van der Waals surface area contributed by atoms with Gasteiger partial charge in [0, 0.05) is 35.2 Å². The molecule has 0 aliphatic rings. The quantitative estimate of drug-likeness (QED) is 0.450. The minimum Gasteiger partial charge on any atom is -0.480 e. The van der Waals surface area contributed by atoms with Crippen LogP contribution in [0.2, 0.25) is 0 Å². The second kappa shape index (κ2) is 8.57. The topological polar surface area (TPSA) is 111 Å². The molecule has 4 N–H and O–H groups in total. The monoisotopic (exact) mass is 363 g/mol. The lowest BCUT2D eigenvalue weighted by atomic mass is 10.0. The van der Waals surface area contributed by atoms with Crippen molar-refractivity contribution in [2.45, 2.75) is 19.4 Å². The molecule has 8 heteroatoms. The van der Waals surface area contributed by atoms with Crippen LogP contribution in [0.15, 0.2) is 30.5 Å². The van der Waals surface area contributed by atoms with Gasteiger partial charge in [0.1, 0.15) is 6.04 Å². The molecule has 0 aliphatic carbocycles. The van der Waals surface area contributed by atoms with E-state index in [-0.39, 0.29) is 24.8 Å². The lowest BCUT2D eigenvalue weighted by Crippen LogP contribution is -2.47. The highest BCUT2D eigenvalue weighted by atomic mass is 32.1. The standard InChI is InChI=1S/C17H21N3O4S/c1-10(9-25)16(22)19-8-15(21)20-14(17(23)24)6-11-7-18-13-5-3-2-4-12(11)13/h2-5,7,10,14,18,25H,6,8-9H2,1H3,(H,19,22)(H,20,21)(H,23,24)/t10?,14-/m0/s1. The number of aromatic amines is 1. The van der Waals surface area contributed by atoms with Gasteiger partial charge in [0.15, 0.2) is 0 Å². The number of aromatic nitrogens is 1. The molecule has 7 nitrogen and oxygen atoms in total. The van der Waals surface area contributed by atoms with Gasteiger partial charge < -0.3 is 20.7 Å². The molecule has 2 rings (SSSR count). The van der Waals surface area contributed by atoms with Gasteiger partial charge in [0.05, 0.1) is 6.54 Å². The molecule has 25 heavy (non-hydrogen) atoms. The van der Waals surface area contributed by atoms with Crippen molar-refractivity contribution in [3.63, 3.8) is 0 Å². The summed E-state index contributed by atoms with van der Waals surface area (Å²) >= 11 is 4.02. The van der Waals surface area contributed by atoms with Crippen molar-refractivity contribution in [3.8, 4) is 0 Å². The molecule has 1 unspecified atom stereocenters. The predicted octanol–water partition coefficient (Wildman–Crippen LogP) is 0.962. The van der Waals surface area contributed by atoms with Gasteiger partial charge in [0.25, 0.3) is 0 Å². The maximum Gasteiger partial charge on any atom is 0.326 e. The second-order valence-electron chi connectivity index (χ2n) is 5.82. The highest BCUT2D eigenvalue weighted by molar-refractivity contribution is 7.80. The molecule has 0 bridgehead atoms. The summed E-state index contributed by atoms with van der Waals surface area (Å²) in [7, 11) is 0. The Balaban J connectivity index is 1.98. The van der Waals surface area contributed by atoms with Crippen molar-refractivity contribution >= 4 is 41.3 Å². The molecule has 0 fully saturated rings. The van der Waals surface area contributed by atoms with E-state index >= 15 is 0 Å². The number of benzene rings is 1. The lowest BCUT2D eigenvalue weighted by molar-refractivity contribution is -0.141. The Morgan fingerprint density at radius 1 is 1.28 bits per heavy atom. The smallest absolute Gasteiger partial charge is 0.326 e. The molecule has 1 aromatic heterocycles. The van der Waals surface area contributed by atoms with Crippen LogP contribution >= 0.6 is 12.6 Å². The fourth-order valence-corrected chi connectivity index (χ4v) is 2.56. The number of carboxylic acids is 1. The van der Waals surface area contributed by atoms with Crippen molar-refractivity contribution in [2.75, 3.05) is 12.3 Å². The summed E-state index contributed by atoms with van der Waals surface area (Å²) in [5.74, 6) is -1.93. The number of rotatable bonds is 8. The van der Waals surface area contributed by atoms with Crippen molar-refractivity contribution in [2.24, 2.45) is 5.92 Å². The van der Waals surface area contributed by atoms with E-state index in [1.165, 1.54) is 0 Å². The number of amides is 2. The minimum absolute atomic E-state index is 0.145. The van der Waals surface area contributed by atoms with E-state index in [0.29, 0.717) is 5.75 Å². The normalized spacial score (nSPS) is 13.2. The summed E-state index contributed by atoms with van der Waals surface area (Å²) in [4.78, 5) is 38.1. The molecule has 0 spiro atoms. The highest BCUT2D eigenvalue weighted by Crippen LogP contribution is 2.19. The summed E-state index contributed by atoms with van der Waals surface area (Å²) in [6.45, 7) is 1.42. The number of thiol groups is 1. The van der Waals surface area contributed by atoms with Gasteiger partial charge in [-0.1, -0.05) is 25.1 Å². The average Bonchev–Trinajstić information content (AvgIpc) is 3.01. The molecule has 0 saturated carbocycles. The Kier molecular flexibility index (Phi) is 6.46. The van der Waals surface area contributed by atoms with E-state index in [4.69, 9.17) is 0 Å². The Labute approximate surface area is 150 Å². The molecule has 134 valence electrons. The first-order chi connectivity index (χ1) is 11.9. The summed E-state index contributed by atoms with van der Waals surface area (Å²) in [6, 6.07) is 6.46. The first-order valence-electron chi connectivity index (χ1n) is 7.88. The number of carboxylic acid groups (broad SMARTS) is 1. The highest BCUT2D eigenvalue weighted by Gasteiger charge is 2.22. The van der Waals surface area contributed by atoms with E-state index in [2.05, 4.69) is 28.2 Å². The number of aliphatic carboxylic acids is 1. The van der Waals surface area contributed by atoms with E-state index in [9.17, 15) is 19.5 Å². The van der Waals surface area contributed by atoms with Crippen LogP contribution in [-0.4, -0.2) is 46.2 Å². The van der Waals surface area contributed by atoms with Crippen LogP contribution in [0.5, 0.6) is 0 Å². The zero-order chi connectivity index (χ0) is 18.4. The Bertz CT molecular complexity index is 774. The van der Waals surface area contributed by atoms with Crippen LogP contribution in [0.3, 0.4) is 0 Å². The predicted molar refractivity (Wildman–Crippen MR) is 97.6 cm³/mol.